The van der Waals surface area contributed by atoms with Crippen LogP contribution in [0, 0.1) is 27.9 Å². The van der Waals surface area contributed by atoms with Crippen LogP contribution in [-0.4, -0.2) is 23.5 Å². The molecule has 25 heavy (non-hydrogen) atoms. The van der Waals surface area contributed by atoms with Crippen LogP contribution in [0.4, 0.5) is 5.69 Å². The molecule has 6 nitrogen and oxygen atoms in total. The van der Waals surface area contributed by atoms with Gasteiger partial charge in [0, 0.05) is 18.7 Å². The zero-order chi connectivity index (χ0) is 18.4. The summed E-state index contributed by atoms with van der Waals surface area (Å²) in [5.74, 6) is 1.56. The number of hydrogen-bond acceptors (Lipinski definition) is 4. The maximum atomic E-state index is 12.0. The van der Waals surface area contributed by atoms with E-state index in [1.54, 1.807) is 12.1 Å². The lowest BCUT2D eigenvalue weighted by Gasteiger charge is -2.37. The highest BCUT2D eigenvalue weighted by molar-refractivity contribution is 5.77. The van der Waals surface area contributed by atoms with Gasteiger partial charge in [0.25, 0.3) is 5.69 Å². The fourth-order valence-corrected chi connectivity index (χ4v) is 3.48. The predicted octanol–water partition coefficient (Wildman–Crippen LogP) is 3.69. The Morgan fingerprint density at radius 1 is 1.32 bits per heavy atom. The molecule has 0 aromatic heterocycles. The van der Waals surface area contributed by atoms with Crippen molar-refractivity contribution < 1.29 is 14.5 Å². The van der Waals surface area contributed by atoms with Crippen LogP contribution in [0.1, 0.15) is 45.6 Å². The van der Waals surface area contributed by atoms with Crippen molar-refractivity contribution in [2.75, 3.05) is 6.61 Å². The van der Waals surface area contributed by atoms with Crippen LogP contribution in [0.15, 0.2) is 24.3 Å². The average molecular weight is 348 g/mol. The van der Waals surface area contributed by atoms with E-state index in [2.05, 4.69) is 26.1 Å². The molecule has 138 valence electrons. The summed E-state index contributed by atoms with van der Waals surface area (Å²) in [5, 5.41) is 13.4. The molecule has 2 rings (SSSR count). The van der Waals surface area contributed by atoms with E-state index in [4.69, 9.17) is 4.74 Å². The zero-order valence-electron chi connectivity index (χ0n) is 15.2. The molecule has 1 aromatic rings. The van der Waals surface area contributed by atoms with Crippen molar-refractivity contribution in [1.29, 1.82) is 0 Å². The average Bonchev–Trinajstić information content (AvgIpc) is 2.58. The van der Waals surface area contributed by atoms with E-state index in [0.29, 0.717) is 24.3 Å². The Labute approximate surface area is 149 Å². The SMILES string of the molecule is CC1CCC(C(C)C)C(OCC(=O)NCc2ccc([N+](=O)[O-])cc2)C1. The first kappa shape index (κ1) is 19.4. The number of nitrogens with zero attached hydrogens (tertiary/aromatic N) is 1. The third kappa shape index (κ3) is 5.81. The Balaban J connectivity index is 1.78. The molecule has 6 heteroatoms. The van der Waals surface area contributed by atoms with Gasteiger partial charge in [0.15, 0.2) is 0 Å². The minimum Gasteiger partial charge on any atom is -0.368 e. The van der Waals surface area contributed by atoms with Crippen molar-refractivity contribution in [3.8, 4) is 0 Å². The third-order valence-corrected chi connectivity index (χ3v) is 5.03. The molecule has 0 radical (unpaired) electrons. The lowest BCUT2D eigenvalue weighted by Crippen LogP contribution is -2.37. The number of ether oxygens (including phenoxy) is 1. The predicted molar refractivity (Wildman–Crippen MR) is 96.0 cm³/mol. The molecule has 0 saturated heterocycles. The van der Waals surface area contributed by atoms with Crippen molar-refractivity contribution in [3.05, 3.63) is 39.9 Å². The van der Waals surface area contributed by atoms with Gasteiger partial charge in [-0.15, -0.1) is 0 Å². The minimum absolute atomic E-state index is 0.0459. The molecule has 1 saturated carbocycles. The first-order valence-corrected chi connectivity index (χ1v) is 8.98. The second-order valence-corrected chi connectivity index (χ2v) is 7.38. The summed E-state index contributed by atoms with van der Waals surface area (Å²) < 4.78 is 5.93. The number of rotatable bonds is 7. The van der Waals surface area contributed by atoms with E-state index in [1.165, 1.54) is 18.6 Å². The lowest BCUT2D eigenvalue weighted by molar-refractivity contribution is -0.384. The van der Waals surface area contributed by atoms with E-state index in [9.17, 15) is 14.9 Å². The highest BCUT2D eigenvalue weighted by Crippen LogP contribution is 2.35. The first-order chi connectivity index (χ1) is 11.9. The molecule has 0 spiro atoms. The van der Waals surface area contributed by atoms with Crippen molar-refractivity contribution in [1.82, 2.24) is 5.32 Å². The Kier molecular flexibility index (Phi) is 6.93. The molecular weight excluding hydrogens is 320 g/mol. The zero-order valence-corrected chi connectivity index (χ0v) is 15.2. The van der Waals surface area contributed by atoms with E-state index in [0.717, 1.165) is 18.4 Å². The summed E-state index contributed by atoms with van der Waals surface area (Å²) in [4.78, 5) is 22.2. The molecule has 1 aromatic carbocycles. The van der Waals surface area contributed by atoms with Crippen LogP contribution in [0.2, 0.25) is 0 Å². The van der Waals surface area contributed by atoms with Gasteiger partial charge in [-0.3, -0.25) is 14.9 Å². The number of nitro benzene ring substituents is 1. The molecule has 1 N–H and O–H groups in total. The smallest absolute Gasteiger partial charge is 0.269 e. The molecule has 0 heterocycles. The number of benzene rings is 1. The summed E-state index contributed by atoms with van der Waals surface area (Å²) in [6, 6.07) is 6.18. The number of carbonyl (C=O) groups is 1. The van der Waals surface area contributed by atoms with Gasteiger partial charge in [0.05, 0.1) is 11.0 Å². The number of nitrogens with one attached hydrogen (secondary N) is 1. The second-order valence-electron chi connectivity index (χ2n) is 7.38. The summed E-state index contributed by atoms with van der Waals surface area (Å²) in [5.41, 5.74) is 0.870. The van der Waals surface area contributed by atoms with Gasteiger partial charge < -0.3 is 10.1 Å². The van der Waals surface area contributed by atoms with E-state index in [1.807, 2.05) is 0 Å². The van der Waals surface area contributed by atoms with E-state index >= 15 is 0 Å². The fourth-order valence-electron chi connectivity index (χ4n) is 3.48. The monoisotopic (exact) mass is 348 g/mol. The molecule has 3 atom stereocenters. The van der Waals surface area contributed by atoms with Gasteiger partial charge in [-0.25, -0.2) is 0 Å². The molecular formula is C19H28N2O4. The maximum absolute atomic E-state index is 12.0. The Bertz CT molecular complexity index is 586. The molecule has 1 aliphatic carbocycles. The summed E-state index contributed by atoms with van der Waals surface area (Å²) >= 11 is 0. The van der Waals surface area contributed by atoms with Gasteiger partial charge >= 0.3 is 0 Å². The standard InChI is InChI=1S/C19H28N2O4/c1-13(2)17-9-4-14(3)10-18(17)25-12-19(22)20-11-15-5-7-16(8-6-15)21(23)24/h5-8,13-14,17-18H,4,9-12H2,1-3H3,(H,20,22). The summed E-state index contributed by atoms with van der Waals surface area (Å²) in [7, 11) is 0. The maximum Gasteiger partial charge on any atom is 0.269 e. The van der Waals surface area contributed by atoms with Crippen LogP contribution in [0.25, 0.3) is 0 Å². The number of amides is 1. The molecule has 3 unspecified atom stereocenters. The quantitative estimate of drug-likeness (QED) is 0.602. The van der Waals surface area contributed by atoms with Crippen molar-refractivity contribution in [2.24, 2.45) is 17.8 Å². The third-order valence-electron chi connectivity index (χ3n) is 5.03. The van der Waals surface area contributed by atoms with Crippen molar-refractivity contribution in [3.63, 3.8) is 0 Å². The largest absolute Gasteiger partial charge is 0.368 e. The van der Waals surface area contributed by atoms with Crippen LogP contribution in [-0.2, 0) is 16.1 Å². The lowest BCUT2D eigenvalue weighted by atomic mass is 9.75. The van der Waals surface area contributed by atoms with Crippen molar-refractivity contribution >= 4 is 11.6 Å². The highest BCUT2D eigenvalue weighted by Gasteiger charge is 2.31. The van der Waals surface area contributed by atoms with Gasteiger partial charge in [0.2, 0.25) is 5.91 Å². The van der Waals surface area contributed by atoms with Crippen LogP contribution in [0.3, 0.4) is 0 Å². The summed E-state index contributed by atoms with van der Waals surface area (Å²) in [6.07, 6.45) is 3.55. The first-order valence-electron chi connectivity index (χ1n) is 8.98. The second kappa shape index (κ2) is 8.94. The number of non-ortho nitro benzene ring substituents is 1. The van der Waals surface area contributed by atoms with Crippen molar-refractivity contribution in [2.45, 2.75) is 52.7 Å². The fraction of sp³-hybridized carbons (Fsp3) is 0.632. The Morgan fingerprint density at radius 2 is 2.00 bits per heavy atom. The Morgan fingerprint density at radius 3 is 2.60 bits per heavy atom. The van der Waals surface area contributed by atoms with Gasteiger partial charge in [-0.05, 0) is 36.2 Å². The molecule has 1 amide bonds. The normalized spacial score (nSPS) is 23.4. The van der Waals surface area contributed by atoms with Crippen LogP contribution >= 0.6 is 0 Å². The highest BCUT2D eigenvalue weighted by atomic mass is 16.6. The van der Waals surface area contributed by atoms with Gasteiger partial charge in [0.1, 0.15) is 6.61 Å². The van der Waals surface area contributed by atoms with Crippen LogP contribution < -0.4 is 5.32 Å². The Hall–Kier alpha value is -1.95. The van der Waals surface area contributed by atoms with E-state index < -0.39 is 4.92 Å². The van der Waals surface area contributed by atoms with Gasteiger partial charge in [-0.1, -0.05) is 39.3 Å². The number of carbonyl (C=O) groups excluding carboxylic acids is 1. The summed E-state index contributed by atoms with van der Waals surface area (Å²) in [6.45, 7) is 7.07. The topological polar surface area (TPSA) is 81.5 Å². The van der Waals surface area contributed by atoms with Crippen LogP contribution in [0.5, 0.6) is 0 Å². The molecule has 0 bridgehead atoms. The molecule has 1 aliphatic rings. The van der Waals surface area contributed by atoms with Gasteiger partial charge in [-0.2, -0.15) is 0 Å². The number of hydrogen-bond donors (Lipinski definition) is 1. The minimum atomic E-state index is -0.438. The molecule has 0 aliphatic heterocycles. The number of nitro groups is 1. The van der Waals surface area contributed by atoms with E-state index in [-0.39, 0.29) is 24.3 Å². The molecule has 1 fully saturated rings.